The van der Waals surface area contributed by atoms with Crippen molar-refractivity contribution in [3.8, 4) is 0 Å². The van der Waals surface area contributed by atoms with Crippen LogP contribution < -0.4 is 5.73 Å². The molecule has 0 aromatic heterocycles. The van der Waals surface area contributed by atoms with Crippen LogP contribution in [0.3, 0.4) is 0 Å². The zero-order valence-corrected chi connectivity index (χ0v) is 8.70. The van der Waals surface area contributed by atoms with E-state index < -0.39 is 0 Å². The van der Waals surface area contributed by atoms with Crippen LogP contribution in [-0.2, 0) is 5.54 Å². The molecule has 0 aliphatic heterocycles. The van der Waals surface area contributed by atoms with E-state index in [9.17, 15) is 0 Å². The lowest BCUT2D eigenvalue weighted by Crippen LogP contribution is -2.43. The summed E-state index contributed by atoms with van der Waals surface area (Å²) in [5, 5.41) is 1.35. The summed E-state index contributed by atoms with van der Waals surface area (Å²) in [4.78, 5) is 0. The van der Waals surface area contributed by atoms with Crippen LogP contribution in [0.25, 0.3) is 0 Å². The van der Waals surface area contributed by atoms with E-state index in [-0.39, 0.29) is 5.54 Å². The molecule has 0 amide bonds. The molecule has 2 rings (SSSR count). The van der Waals surface area contributed by atoms with Crippen molar-refractivity contribution in [3.05, 3.63) is 33.8 Å². The maximum atomic E-state index is 6.15. The van der Waals surface area contributed by atoms with E-state index >= 15 is 0 Å². The first kappa shape index (κ1) is 9.32. The van der Waals surface area contributed by atoms with Crippen molar-refractivity contribution in [2.45, 2.75) is 24.8 Å². The summed E-state index contributed by atoms with van der Waals surface area (Å²) in [6.45, 7) is 0. The number of hydrogen-bond donors (Lipinski definition) is 1. The summed E-state index contributed by atoms with van der Waals surface area (Å²) in [5.74, 6) is 0. The lowest BCUT2D eigenvalue weighted by atomic mass is 9.73. The fourth-order valence-electron chi connectivity index (χ4n) is 1.72. The largest absolute Gasteiger partial charge is 0.321 e. The molecule has 3 heteroatoms. The number of rotatable bonds is 1. The van der Waals surface area contributed by atoms with Crippen LogP contribution in [0.5, 0.6) is 0 Å². The van der Waals surface area contributed by atoms with Crippen molar-refractivity contribution < 1.29 is 0 Å². The van der Waals surface area contributed by atoms with Gasteiger partial charge in [-0.25, -0.2) is 0 Å². The third-order valence-corrected chi connectivity index (χ3v) is 3.26. The molecule has 1 aliphatic rings. The van der Waals surface area contributed by atoms with Gasteiger partial charge in [-0.1, -0.05) is 29.3 Å². The van der Waals surface area contributed by atoms with E-state index in [4.69, 9.17) is 28.9 Å². The first-order valence-corrected chi connectivity index (χ1v) is 5.12. The monoisotopic (exact) mass is 215 g/mol. The van der Waals surface area contributed by atoms with Gasteiger partial charge in [0, 0.05) is 15.6 Å². The van der Waals surface area contributed by atoms with E-state index in [1.165, 1.54) is 6.42 Å². The molecule has 0 spiro atoms. The van der Waals surface area contributed by atoms with Crippen molar-refractivity contribution in [2.75, 3.05) is 0 Å². The van der Waals surface area contributed by atoms with Gasteiger partial charge in [-0.05, 0) is 37.0 Å². The minimum Gasteiger partial charge on any atom is -0.321 e. The van der Waals surface area contributed by atoms with Gasteiger partial charge >= 0.3 is 0 Å². The average molecular weight is 216 g/mol. The predicted molar refractivity (Wildman–Crippen MR) is 56.2 cm³/mol. The molecule has 0 heterocycles. The van der Waals surface area contributed by atoms with Gasteiger partial charge in [-0.15, -0.1) is 0 Å². The van der Waals surface area contributed by atoms with E-state index in [0.717, 1.165) is 18.4 Å². The molecule has 1 aliphatic carbocycles. The zero-order chi connectivity index (χ0) is 9.47. The van der Waals surface area contributed by atoms with Gasteiger partial charge in [0.15, 0.2) is 0 Å². The van der Waals surface area contributed by atoms with Gasteiger partial charge in [0.2, 0.25) is 0 Å². The van der Waals surface area contributed by atoms with Crippen LogP contribution in [0.2, 0.25) is 10.0 Å². The summed E-state index contributed by atoms with van der Waals surface area (Å²) < 4.78 is 0. The maximum Gasteiger partial charge on any atom is 0.0471 e. The molecule has 1 saturated carbocycles. The Morgan fingerprint density at radius 3 is 2.38 bits per heavy atom. The van der Waals surface area contributed by atoms with Gasteiger partial charge in [0.05, 0.1) is 0 Å². The number of hydrogen-bond acceptors (Lipinski definition) is 1. The summed E-state index contributed by atoms with van der Waals surface area (Å²) in [7, 11) is 0. The van der Waals surface area contributed by atoms with Gasteiger partial charge < -0.3 is 5.73 Å². The van der Waals surface area contributed by atoms with Crippen molar-refractivity contribution >= 4 is 23.2 Å². The van der Waals surface area contributed by atoms with Crippen molar-refractivity contribution in [2.24, 2.45) is 5.73 Å². The highest BCUT2D eigenvalue weighted by Crippen LogP contribution is 2.42. The Balaban J connectivity index is 2.40. The molecular weight excluding hydrogens is 205 g/mol. The Labute approximate surface area is 87.8 Å². The quantitative estimate of drug-likeness (QED) is 0.765. The van der Waals surface area contributed by atoms with Crippen LogP contribution in [0.4, 0.5) is 0 Å². The topological polar surface area (TPSA) is 26.0 Å². The van der Waals surface area contributed by atoms with Crippen molar-refractivity contribution in [3.63, 3.8) is 0 Å². The first-order valence-electron chi connectivity index (χ1n) is 4.36. The van der Waals surface area contributed by atoms with E-state index in [1.807, 2.05) is 12.1 Å². The van der Waals surface area contributed by atoms with Gasteiger partial charge in [-0.3, -0.25) is 0 Å². The molecular formula is C10H11Cl2N. The summed E-state index contributed by atoms with van der Waals surface area (Å²) >= 11 is 11.9. The van der Waals surface area contributed by atoms with Crippen LogP contribution in [0.15, 0.2) is 18.2 Å². The minimum absolute atomic E-state index is 0.193. The first-order chi connectivity index (χ1) is 6.12. The molecule has 0 saturated heterocycles. The molecule has 70 valence electrons. The molecule has 0 bridgehead atoms. The third kappa shape index (κ3) is 1.56. The zero-order valence-electron chi connectivity index (χ0n) is 7.19. The third-order valence-electron chi connectivity index (χ3n) is 2.71. The van der Waals surface area contributed by atoms with Crippen LogP contribution in [0, 0.1) is 0 Å². The standard InChI is InChI=1S/C10H11Cl2N/c11-7-2-3-8(9(12)6-7)10(13)4-1-5-10/h2-3,6H,1,4-5,13H2. The molecule has 1 fully saturated rings. The van der Waals surface area contributed by atoms with Gasteiger partial charge in [0.1, 0.15) is 0 Å². The van der Waals surface area contributed by atoms with Crippen LogP contribution in [0.1, 0.15) is 24.8 Å². The van der Waals surface area contributed by atoms with Crippen molar-refractivity contribution in [1.29, 1.82) is 0 Å². The molecule has 0 radical (unpaired) electrons. The van der Waals surface area contributed by atoms with E-state index in [2.05, 4.69) is 0 Å². The molecule has 0 unspecified atom stereocenters. The predicted octanol–water partition coefficient (Wildman–Crippen LogP) is 3.33. The average Bonchev–Trinajstić information content (AvgIpc) is 2.00. The minimum atomic E-state index is -0.193. The smallest absolute Gasteiger partial charge is 0.0471 e. The van der Waals surface area contributed by atoms with Crippen molar-refractivity contribution in [1.82, 2.24) is 0 Å². The van der Waals surface area contributed by atoms with Gasteiger partial charge in [-0.2, -0.15) is 0 Å². The normalized spacial score (nSPS) is 19.6. The second-order valence-corrected chi connectivity index (χ2v) is 4.48. The Hall–Kier alpha value is -0.240. The molecule has 0 atom stereocenters. The number of halogens is 2. The van der Waals surface area contributed by atoms with Gasteiger partial charge in [0.25, 0.3) is 0 Å². The molecule has 2 N–H and O–H groups in total. The van der Waals surface area contributed by atoms with Crippen LogP contribution >= 0.6 is 23.2 Å². The van der Waals surface area contributed by atoms with E-state index in [1.54, 1.807) is 6.07 Å². The summed E-state index contributed by atoms with van der Waals surface area (Å²) in [6, 6.07) is 5.53. The lowest BCUT2D eigenvalue weighted by Gasteiger charge is -2.39. The fraction of sp³-hybridized carbons (Fsp3) is 0.400. The van der Waals surface area contributed by atoms with Crippen LogP contribution in [-0.4, -0.2) is 0 Å². The summed E-state index contributed by atoms with van der Waals surface area (Å²) in [5.41, 5.74) is 6.99. The second-order valence-electron chi connectivity index (χ2n) is 3.63. The molecule has 1 aromatic carbocycles. The highest BCUT2D eigenvalue weighted by molar-refractivity contribution is 6.35. The number of benzene rings is 1. The highest BCUT2D eigenvalue weighted by Gasteiger charge is 2.35. The Bertz CT molecular complexity index is 332. The Kier molecular flexibility index (Phi) is 2.26. The lowest BCUT2D eigenvalue weighted by molar-refractivity contribution is 0.254. The maximum absolute atomic E-state index is 6.15. The molecule has 13 heavy (non-hydrogen) atoms. The molecule has 1 nitrogen and oxygen atoms in total. The summed E-state index contributed by atoms with van der Waals surface area (Å²) in [6.07, 6.45) is 3.23. The van der Waals surface area contributed by atoms with E-state index in [0.29, 0.717) is 10.0 Å². The SMILES string of the molecule is NC1(c2ccc(Cl)cc2Cl)CCC1. The number of nitrogens with two attached hydrogens (primary N) is 1. The fourth-order valence-corrected chi connectivity index (χ4v) is 2.32. The Morgan fingerprint density at radius 2 is 1.92 bits per heavy atom. The molecule has 1 aromatic rings. The highest BCUT2D eigenvalue weighted by atomic mass is 35.5. The Morgan fingerprint density at radius 1 is 1.23 bits per heavy atom. The second kappa shape index (κ2) is 3.16.